The fourth-order valence-electron chi connectivity index (χ4n) is 1.82. The number of benzene rings is 2. The van der Waals surface area contributed by atoms with Gasteiger partial charge in [0.05, 0.1) is 8.95 Å². The van der Waals surface area contributed by atoms with Crippen molar-refractivity contribution in [3.63, 3.8) is 0 Å². The summed E-state index contributed by atoms with van der Waals surface area (Å²) in [6.07, 6.45) is 0. The number of hydrogen-bond donors (Lipinski definition) is 2. The van der Waals surface area contributed by atoms with E-state index in [0.29, 0.717) is 40.0 Å². The van der Waals surface area contributed by atoms with Crippen LogP contribution in [0, 0.1) is 0 Å². The lowest BCUT2D eigenvalue weighted by Crippen LogP contribution is -1.92. The third kappa shape index (κ3) is 2.13. The van der Waals surface area contributed by atoms with E-state index in [4.69, 9.17) is 0 Å². The number of phenols is 2. The van der Waals surface area contributed by atoms with Gasteiger partial charge in [-0.15, -0.1) is 0 Å². The highest BCUT2D eigenvalue weighted by molar-refractivity contribution is 9.11. The smallest absolute Gasteiger partial charge is 0.157 e. The van der Waals surface area contributed by atoms with Crippen LogP contribution in [0.2, 0.25) is 0 Å². The van der Waals surface area contributed by atoms with Gasteiger partial charge in [-0.25, -0.2) is 9.97 Å². The van der Waals surface area contributed by atoms with E-state index in [1.807, 2.05) is 0 Å². The molecule has 0 bridgehead atoms. The molecular weight excluding hydrogens is 524 g/mol. The Kier molecular flexibility index (Phi) is 3.68. The summed E-state index contributed by atoms with van der Waals surface area (Å²) in [5.74, 6) is 0.0128. The average Bonchev–Trinajstić information content (AvgIpc) is 2.41. The minimum Gasteiger partial charge on any atom is -0.504 e. The van der Waals surface area contributed by atoms with Crippen LogP contribution in [-0.2, 0) is 0 Å². The number of aromatic nitrogens is 2. The van der Waals surface area contributed by atoms with Gasteiger partial charge in [0.2, 0.25) is 0 Å². The van der Waals surface area contributed by atoms with Gasteiger partial charge in [0.15, 0.2) is 11.5 Å². The molecule has 1 heterocycles. The summed E-state index contributed by atoms with van der Waals surface area (Å²) in [6, 6.07) is 3.37. The number of fused-ring (bicyclic) bond motifs is 2. The van der Waals surface area contributed by atoms with E-state index in [-0.39, 0.29) is 11.5 Å². The maximum absolute atomic E-state index is 10.1. The molecule has 0 saturated heterocycles. The maximum atomic E-state index is 10.1. The number of aromatic hydroxyl groups is 2. The monoisotopic (exact) mass is 524 g/mol. The summed E-state index contributed by atoms with van der Waals surface area (Å²) < 4.78 is 2.37. The minimum atomic E-state index is 0.00640. The van der Waals surface area contributed by atoms with E-state index in [2.05, 4.69) is 73.7 Å². The zero-order chi connectivity index (χ0) is 14.6. The molecule has 0 amide bonds. The van der Waals surface area contributed by atoms with Crippen molar-refractivity contribution in [1.29, 1.82) is 0 Å². The number of phenolic OH excluding ortho intramolecular Hbond substituents is 2. The third-order valence-electron chi connectivity index (χ3n) is 2.76. The topological polar surface area (TPSA) is 66.2 Å². The Morgan fingerprint density at radius 1 is 0.600 bits per heavy atom. The fraction of sp³-hybridized carbons (Fsp3) is 0. The highest BCUT2D eigenvalue weighted by atomic mass is 79.9. The SMILES string of the molecule is Oc1c(Br)cc(Br)c2nc3c(O)c(Br)cc(Br)c3nc12. The van der Waals surface area contributed by atoms with Gasteiger partial charge in [0, 0.05) is 8.95 Å². The molecule has 1 aromatic heterocycles. The lowest BCUT2D eigenvalue weighted by molar-refractivity contribution is 0.475. The second-order valence-electron chi connectivity index (χ2n) is 4.00. The lowest BCUT2D eigenvalue weighted by Gasteiger charge is -2.09. The summed E-state index contributed by atoms with van der Waals surface area (Å²) in [7, 11) is 0. The molecule has 102 valence electrons. The summed E-state index contributed by atoms with van der Waals surface area (Å²) in [5.41, 5.74) is 1.64. The molecule has 0 spiro atoms. The molecule has 0 atom stereocenters. The molecule has 2 N–H and O–H groups in total. The zero-order valence-corrected chi connectivity index (χ0v) is 15.8. The molecule has 0 aliphatic carbocycles. The van der Waals surface area contributed by atoms with Crippen molar-refractivity contribution in [1.82, 2.24) is 9.97 Å². The van der Waals surface area contributed by atoms with Gasteiger partial charge < -0.3 is 10.2 Å². The van der Waals surface area contributed by atoms with Crippen LogP contribution in [0.3, 0.4) is 0 Å². The zero-order valence-electron chi connectivity index (χ0n) is 9.46. The Morgan fingerprint density at radius 3 is 1.30 bits per heavy atom. The first kappa shape index (κ1) is 14.5. The Hall–Kier alpha value is -0.440. The van der Waals surface area contributed by atoms with Crippen LogP contribution in [0.4, 0.5) is 0 Å². The number of nitrogens with zero attached hydrogens (tertiary/aromatic N) is 2. The Balaban J connectivity index is 2.60. The molecule has 20 heavy (non-hydrogen) atoms. The van der Waals surface area contributed by atoms with Crippen molar-refractivity contribution < 1.29 is 10.2 Å². The second-order valence-corrected chi connectivity index (χ2v) is 7.41. The van der Waals surface area contributed by atoms with Gasteiger partial charge in [-0.3, -0.25) is 0 Å². The van der Waals surface area contributed by atoms with E-state index in [1.165, 1.54) is 0 Å². The van der Waals surface area contributed by atoms with E-state index >= 15 is 0 Å². The maximum Gasteiger partial charge on any atom is 0.157 e. The first-order valence-electron chi connectivity index (χ1n) is 5.25. The molecule has 3 aromatic rings. The molecule has 0 fully saturated rings. The molecule has 0 saturated carbocycles. The summed E-state index contributed by atoms with van der Waals surface area (Å²) in [6.45, 7) is 0. The van der Waals surface area contributed by atoms with E-state index in [0.717, 1.165) is 0 Å². The van der Waals surface area contributed by atoms with Gasteiger partial charge in [0.25, 0.3) is 0 Å². The van der Waals surface area contributed by atoms with Crippen molar-refractivity contribution in [2.75, 3.05) is 0 Å². The summed E-state index contributed by atoms with van der Waals surface area (Å²) in [4.78, 5) is 8.80. The second kappa shape index (κ2) is 5.08. The van der Waals surface area contributed by atoms with E-state index in [9.17, 15) is 10.2 Å². The van der Waals surface area contributed by atoms with Crippen LogP contribution in [0.15, 0.2) is 30.0 Å². The van der Waals surface area contributed by atoms with E-state index in [1.54, 1.807) is 12.1 Å². The largest absolute Gasteiger partial charge is 0.504 e. The number of halogens is 4. The predicted molar refractivity (Wildman–Crippen MR) is 91.2 cm³/mol. The minimum absolute atomic E-state index is 0.00640. The van der Waals surface area contributed by atoms with Crippen molar-refractivity contribution in [3.05, 3.63) is 30.0 Å². The van der Waals surface area contributed by atoms with Crippen LogP contribution >= 0.6 is 63.7 Å². The molecule has 0 unspecified atom stereocenters. The lowest BCUT2D eigenvalue weighted by atomic mass is 10.2. The Morgan fingerprint density at radius 2 is 0.950 bits per heavy atom. The Labute approximate surface area is 146 Å². The predicted octanol–water partition coefficient (Wildman–Crippen LogP) is 5.24. The molecular formula is C12H4Br4N2O2. The molecule has 0 radical (unpaired) electrons. The number of hydrogen-bond acceptors (Lipinski definition) is 4. The highest BCUT2D eigenvalue weighted by Crippen LogP contribution is 2.41. The van der Waals surface area contributed by atoms with Crippen molar-refractivity contribution in [3.8, 4) is 11.5 Å². The summed E-state index contributed by atoms with van der Waals surface area (Å²) >= 11 is 13.3. The van der Waals surface area contributed by atoms with Crippen LogP contribution in [0.25, 0.3) is 22.1 Å². The molecule has 0 aliphatic rings. The standard InChI is InChI=1S/C12H4Br4N2O2/c13-3-1-5(15)11(19)9-7(3)17-10-8(18-9)4(14)2-6(16)12(10)20/h1-2,19-20H. The molecule has 4 nitrogen and oxygen atoms in total. The van der Waals surface area contributed by atoms with Crippen LogP contribution in [0.1, 0.15) is 0 Å². The van der Waals surface area contributed by atoms with Gasteiger partial charge >= 0.3 is 0 Å². The third-order valence-corrected chi connectivity index (χ3v) is 5.17. The van der Waals surface area contributed by atoms with Crippen LogP contribution in [0.5, 0.6) is 11.5 Å². The highest BCUT2D eigenvalue weighted by Gasteiger charge is 2.17. The van der Waals surface area contributed by atoms with E-state index < -0.39 is 0 Å². The van der Waals surface area contributed by atoms with Gasteiger partial charge in [-0.1, -0.05) is 0 Å². The Bertz CT molecular complexity index is 809. The quantitative estimate of drug-likeness (QED) is 0.392. The number of rotatable bonds is 0. The van der Waals surface area contributed by atoms with Gasteiger partial charge in [-0.05, 0) is 75.9 Å². The van der Waals surface area contributed by atoms with Gasteiger partial charge in [-0.2, -0.15) is 0 Å². The first-order chi connectivity index (χ1) is 9.40. The normalized spacial score (nSPS) is 11.4. The van der Waals surface area contributed by atoms with Gasteiger partial charge in [0.1, 0.15) is 22.1 Å². The molecule has 0 aliphatic heterocycles. The summed E-state index contributed by atoms with van der Waals surface area (Å²) in [5, 5.41) is 20.2. The van der Waals surface area contributed by atoms with Crippen molar-refractivity contribution >= 4 is 85.8 Å². The average molecular weight is 528 g/mol. The molecule has 8 heteroatoms. The van der Waals surface area contributed by atoms with Crippen LogP contribution in [-0.4, -0.2) is 20.2 Å². The molecule has 2 aromatic carbocycles. The molecule has 3 rings (SSSR count). The van der Waals surface area contributed by atoms with Crippen molar-refractivity contribution in [2.24, 2.45) is 0 Å². The first-order valence-corrected chi connectivity index (χ1v) is 8.42. The fourth-order valence-corrected chi connectivity index (χ4v) is 4.28. The van der Waals surface area contributed by atoms with Crippen LogP contribution < -0.4 is 0 Å². The van der Waals surface area contributed by atoms with Crippen molar-refractivity contribution in [2.45, 2.75) is 0 Å².